The molecule has 2 rings (SSSR count). The highest BCUT2D eigenvalue weighted by atomic mass is 35.5. The van der Waals surface area contributed by atoms with E-state index in [1.807, 2.05) is 0 Å². The number of hydrogen-bond donors (Lipinski definition) is 1. The van der Waals surface area contributed by atoms with Gasteiger partial charge in [-0.05, 0) is 22.9 Å². The van der Waals surface area contributed by atoms with Crippen LogP contribution in [0.4, 0.5) is 5.00 Å². The van der Waals surface area contributed by atoms with Gasteiger partial charge in [0, 0.05) is 16.0 Å². The highest BCUT2D eigenvalue weighted by molar-refractivity contribution is 7.14. The van der Waals surface area contributed by atoms with Gasteiger partial charge in [-0.2, -0.15) is 0 Å². The van der Waals surface area contributed by atoms with Crippen LogP contribution in [-0.4, -0.2) is 11.1 Å². The van der Waals surface area contributed by atoms with E-state index < -0.39 is 5.97 Å². The van der Waals surface area contributed by atoms with Gasteiger partial charge < -0.3 is 5.11 Å². The molecule has 17 heavy (non-hydrogen) atoms. The predicted octanol–water partition coefficient (Wildman–Crippen LogP) is 4.16. The summed E-state index contributed by atoms with van der Waals surface area (Å²) in [5.74, 6) is -1.16. The van der Waals surface area contributed by atoms with E-state index in [4.69, 9.17) is 16.7 Å². The fourth-order valence-corrected chi connectivity index (χ4v) is 2.43. The topological polar surface area (TPSA) is 66.7 Å². The molecule has 0 saturated carbocycles. The Morgan fingerprint density at radius 1 is 1.29 bits per heavy atom. The summed E-state index contributed by atoms with van der Waals surface area (Å²) in [6, 6.07) is 6.72. The lowest BCUT2D eigenvalue weighted by Crippen LogP contribution is -1.96. The van der Waals surface area contributed by atoms with Crippen molar-refractivity contribution in [1.82, 2.24) is 0 Å². The summed E-state index contributed by atoms with van der Waals surface area (Å²) < 4.78 is 0. The molecule has 0 unspecified atom stereocenters. The number of aromatic carboxylic acids is 1. The fourth-order valence-electron chi connectivity index (χ4n) is 1.46. The molecular formula is C11H6ClNO3S. The molecule has 0 atom stereocenters. The number of thiophene rings is 1. The third-order valence-corrected chi connectivity index (χ3v) is 3.33. The van der Waals surface area contributed by atoms with Gasteiger partial charge >= 0.3 is 5.97 Å². The van der Waals surface area contributed by atoms with E-state index in [9.17, 15) is 9.70 Å². The Morgan fingerprint density at radius 3 is 2.47 bits per heavy atom. The van der Waals surface area contributed by atoms with Crippen molar-refractivity contribution in [3.8, 4) is 11.1 Å². The average Bonchev–Trinajstić information content (AvgIpc) is 2.73. The van der Waals surface area contributed by atoms with Gasteiger partial charge in [0.1, 0.15) is 5.56 Å². The minimum absolute atomic E-state index is 0.0255. The van der Waals surface area contributed by atoms with Crippen molar-refractivity contribution in [2.24, 2.45) is 5.18 Å². The van der Waals surface area contributed by atoms with Crippen molar-refractivity contribution in [1.29, 1.82) is 0 Å². The molecule has 4 nitrogen and oxygen atoms in total. The van der Waals surface area contributed by atoms with Crippen molar-refractivity contribution in [3.05, 3.63) is 45.1 Å². The highest BCUT2D eigenvalue weighted by Crippen LogP contribution is 2.37. The molecule has 1 N–H and O–H groups in total. The number of halogens is 1. The summed E-state index contributed by atoms with van der Waals surface area (Å²) >= 11 is 6.76. The second-order valence-corrected chi connectivity index (χ2v) is 4.53. The van der Waals surface area contributed by atoms with E-state index in [0.717, 1.165) is 11.3 Å². The van der Waals surface area contributed by atoms with Crippen LogP contribution in [0.3, 0.4) is 0 Å². The minimum Gasteiger partial charge on any atom is -0.478 e. The van der Waals surface area contributed by atoms with Crippen LogP contribution in [0.15, 0.2) is 34.8 Å². The Hall–Kier alpha value is -1.72. The van der Waals surface area contributed by atoms with Crippen LogP contribution >= 0.6 is 22.9 Å². The summed E-state index contributed by atoms with van der Waals surface area (Å²) in [7, 11) is 0. The maximum Gasteiger partial charge on any atom is 0.339 e. The lowest BCUT2D eigenvalue weighted by molar-refractivity contribution is 0.0699. The van der Waals surface area contributed by atoms with Gasteiger partial charge in [0.25, 0.3) is 0 Å². The lowest BCUT2D eigenvalue weighted by Gasteiger charge is -2.00. The molecule has 0 amide bonds. The summed E-state index contributed by atoms with van der Waals surface area (Å²) in [5.41, 5.74) is 1.11. The Bertz CT molecular complexity index is 577. The SMILES string of the molecule is O=Nc1scc(-c2ccc(Cl)cc2)c1C(=O)O. The van der Waals surface area contributed by atoms with Gasteiger partial charge in [-0.1, -0.05) is 23.7 Å². The highest BCUT2D eigenvalue weighted by Gasteiger charge is 2.20. The van der Waals surface area contributed by atoms with Gasteiger partial charge in [0.2, 0.25) is 0 Å². The van der Waals surface area contributed by atoms with E-state index >= 15 is 0 Å². The van der Waals surface area contributed by atoms with Gasteiger partial charge in [-0.25, -0.2) is 4.79 Å². The first-order chi connectivity index (χ1) is 8.13. The Balaban J connectivity index is 2.59. The van der Waals surface area contributed by atoms with Crippen molar-refractivity contribution in [2.75, 3.05) is 0 Å². The average molecular weight is 268 g/mol. The van der Waals surface area contributed by atoms with E-state index in [0.29, 0.717) is 16.1 Å². The van der Waals surface area contributed by atoms with Crippen LogP contribution < -0.4 is 0 Å². The minimum atomic E-state index is -1.16. The molecule has 1 heterocycles. The van der Waals surface area contributed by atoms with Crippen LogP contribution in [0.1, 0.15) is 10.4 Å². The number of hydrogen-bond acceptors (Lipinski definition) is 4. The van der Waals surface area contributed by atoms with E-state index in [-0.39, 0.29) is 10.6 Å². The van der Waals surface area contributed by atoms with Gasteiger partial charge in [0.05, 0.1) is 0 Å². The second-order valence-electron chi connectivity index (χ2n) is 3.23. The van der Waals surface area contributed by atoms with Crippen LogP contribution in [-0.2, 0) is 0 Å². The molecule has 0 aliphatic heterocycles. The molecule has 0 bridgehead atoms. The Kier molecular flexibility index (Phi) is 3.21. The normalized spacial score (nSPS) is 10.2. The van der Waals surface area contributed by atoms with E-state index in [1.165, 1.54) is 0 Å². The third-order valence-electron chi connectivity index (χ3n) is 2.22. The summed E-state index contributed by atoms with van der Waals surface area (Å²) in [4.78, 5) is 21.6. The van der Waals surface area contributed by atoms with Crippen molar-refractivity contribution >= 4 is 33.9 Å². The number of carboxylic acid groups (broad SMARTS) is 1. The molecule has 0 saturated heterocycles. The summed E-state index contributed by atoms with van der Waals surface area (Å²) in [6.45, 7) is 0. The lowest BCUT2D eigenvalue weighted by atomic mass is 10.0. The van der Waals surface area contributed by atoms with Crippen LogP contribution in [0, 0.1) is 4.91 Å². The van der Waals surface area contributed by atoms with E-state index in [1.54, 1.807) is 29.6 Å². The fraction of sp³-hybridized carbons (Fsp3) is 0. The van der Waals surface area contributed by atoms with Crippen LogP contribution in [0.5, 0.6) is 0 Å². The molecule has 1 aromatic carbocycles. The summed E-state index contributed by atoms with van der Waals surface area (Å²) in [6.07, 6.45) is 0. The van der Waals surface area contributed by atoms with Crippen molar-refractivity contribution < 1.29 is 9.90 Å². The standard InChI is InChI=1S/C11H6ClNO3S/c12-7-3-1-6(2-4-7)8-5-17-10(13-16)9(8)11(14)15/h1-5H,(H,14,15). The number of rotatable bonds is 3. The molecule has 2 aromatic rings. The Morgan fingerprint density at radius 2 is 1.94 bits per heavy atom. The number of benzene rings is 1. The van der Waals surface area contributed by atoms with Crippen molar-refractivity contribution in [3.63, 3.8) is 0 Å². The molecule has 0 spiro atoms. The van der Waals surface area contributed by atoms with Crippen LogP contribution in [0.25, 0.3) is 11.1 Å². The predicted molar refractivity (Wildman–Crippen MR) is 67.2 cm³/mol. The Labute approximate surface area is 105 Å². The zero-order valence-electron chi connectivity index (χ0n) is 8.38. The number of nitroso groups, excluding NO2 is 1. The third kappa shape index (κ3) is 2.20. The number of carbonyl (C=O) groups is 1. The van der Waals surface area contributed by atoms with Crippen LogP contribution in [0.2, 0.25) is 5.02 Å². The molecular weight excluding hydrogens is 262 g/mol. The maximum absolute atomic E-state index is 11.1. The molecule has 1 aromatic heterocycles. The van der Waals surface area contributed by atoms with Gasteiger partial charge in [-0.3, -0.25) is 0 Å². The number of carboxylic acids is 1. The zero-order valence-corrected chi connectivity index (χ0v) is 9.96. The first-order valence-corrected chi connectivity index (χ1v) is 5.83. The monoisotopic (exact) mass is 267 g/mol. The molecule has 0 fully saturated rings. The van der Waals surface area contributed by atoms with Gasteiger partial charge in [-0.15, -0.1) is 16.2 Å². The molecule has 86 valence electrons. The molecule has 0 aliphatic rings. The largest absolute Gasteiger partial charge is 0.478 e. The first-order valence-electron chi connectivity index (χ1n) is 4.57. The van der Waals surface area contributed by atoms with Gasteiger partial charge in [0.15, 0.2) is 5.00 Å². The summed E-state index contributed by atoms with van der Waals surface area (Å²) in [5, 5.41) is 13.9. The maximum atomic E-state index is 11.1. The molecule has 0 aliphatic carbocycles. The quantitative estimate of drug-likeness (QED) is 0.849. The zero-order chi connectivity index (χ0) is 12.4. The smallest absolute Gasteiger partial charge is 0.339 e. The number of nitrogens with zero attached hydrogens (tertiary/aromatic N) is 1. The molecule has 6 heteroatoms. The van der Waals surface area contributed by atoms with Crippen molar-refractivity contribution in [2.45, 2.75) is 0 Å². The second kappa shape index (κ2) is 4.65. The molecule has 0 radical (unpaired) electrons. The van der Waals surface area contributed by atoms with E-state index in [2.05, 4.69) is 5.18 Å². The first kappa shape index (κ1) is 11.8.